The van der Waals surface area contributed by atoms with Gasteiger partial charge in [0.2, 0.25) is 0 Å². The molecule has 0 aliphatic carbocycles. The van der Waals surface area contributed by atoms with Crippen LogP contribution in [0.25, 0.3) is 45.3 Å². The first-order valence-corrected chi connectivity index (χ1v) is 10.5. The van der Waals surface area contributed by atoms with Gasteiger partial charge in [-0.1, -0.05) is 91.0 Å². The molecule has 1 N–H and O–H groups in total. The van der Waals surface area contributed by atoms with E-state index in [-0.39, 0.29) is 5.56 Å². The number of aromatic carboxylic acids is 1. The normalized spacial score (nSPS) is 10.7. The van der Waals surface area contributed by atoms with E-state index in [4.69, 9.17) is 15.0 Å². The molecular formula is C28H19N3O2. The summed E-state index contributed by atoms with van der Waals surface area (Å²) < 4.78 is 0. The Morgan fingerprint density at radius 2 is 0.909 bits per heavy atom. The van der Waals surface area contributed by atoms with Crippen LogP contribution in [0.1, 0.15) is 10.4 Å². The Hall–Kier alpha value is -4.64. The number of rotatable bonds is 5. The van der Waals surface area contributed by atoms with Crippen molar-refractivity contribution in [2.24, 2.45) is 0 Å². The molecule has 5 heteroatoms. The van der Waals surface area contributed by atoms with Crippen LogP contribution in [0.15, 0.2) is 109 Å². The number of hydrogen-bond donors (Lipinski definition) is 1. The molecule has 0 amide bonds. The van der Waals surface area contributed by atoms with Crippen molar-refractivity contribution in [2.45, 2.75) is 0 Å². The molecule has 0 unspecified atom stereocenters. The molecule has 0 radical (unpaired) electrons. The van der Waals surface area contributed by atoms with Crippen molar-refractivity contribution >= 4 is 5.97 Å². The molecule has 0 saturated carbocycles. The standard InChI is InChI=1S/C28H19N3O2/c32-28(33)24-16-8-14-22(18-24)21-13-7-15-23(17-21)27-30-25(19-9-3-1-4-10-19)29-26(31-27)20-11-5-2-6-12-20/h1-18H,(H,32,33). The molecule has 0 spiro atoms. The molecule has 0 bridgehead atoms. The van der Waals surface area contributed by atoms with Crippen LogP contribution in [0.4, 0.5) is 0 Å². The van der Waals surface area contributed by atoms with Gasteiger partial charge in [0, 0.05) is 16.7 Å². The number of nitrogens with zero attached hydrogens (tertiary/aromatic N) is 3. The zero-order valence-electron chi connectivity index (χ0n) is 17.6. The van der Waals surface area contributed by atoms with E-state index in [1.54, 1.807) is 18.2 Å². The molecule has 1 aromatic heterocycles. The van der Waals surface area contributed by atoms with Gasteiger partial charge in [-0.2, -0.15) is 0 Å². The highest BCUT2D eigenvalue weighted by Gasteiger charge is 2.13. The predicted octanol–water partition coefficient (Wildman–Crippen LogP) is 6.24. The zero-order valence-corrected chi connectivity index (χ0v) is 17.6. The van der Waals surface area contributed by atoms with Crippen molar-refractivity contribution in [3.8, 4) is 45.3 Å². The van der Waals surface area contributed by atoms with Gasteiger partial charge < -0.3 is 5.11 Å². The summed E-state index contributed by atoms with van der Waals surface area (Å²) >= 11 is 0. The lowest BCUT2D eigenvalue weighted by atomic mass is 10.0. The Bertz CT molecular complexity index is 1380. The Morgan fingerprint density at radius 3 is 1.45 bits per heavy atom. The van der Waals surface area contributed by atoms with Gasteiger partial charge in [0.1, 0.15) is 0 Å². The molecule has 0 aliphatic rings. The average molecular weight is 429 g/mol. The van der Waals surface area contributed by atoms with Crippen LogP contribution in [-0.2, 0) is 0 Å². The molecule has 5 aromatic rings. The van der Waals surface area contributed by atoms with Gasteiger partial charge in [0.25, 0.3) is 0 Å². The number of carboxylic acid groups (broad SMARTS) is 1. The molecule has 0 fully saturated rings. The molecule has 4 aromatic carbocycles. The van der Waals surface area contributed by atoms with Gasteiger partial charge in [0.15, 0.2) is 17.5 Å². The third-order valence-electron chi connectivity index (χ3n) is 5.26. The van der Waals surface area contributed by atoms with Crippen molar-refractivity contribution in [1.29, 1.82) is 0 Å². The Kier molecular flexibility index (Phi) is 5.43. The van der Waals surface area contributed by atoms with Gasteiger partial charge in [-0.05, 0) is 29.3 Å². The fourth-order valence-corrected chi connectivity index (χ4v) is 3.61. The summed E-state index contributed by atoms with van der Waals surface area (Å²) in [5, 5.41) is 9.34. The molecule has 0 aliphatic heterocycles. The van der Waals surface area contributed by atoms with Crippen LogP contribution in [0.3, 0.4) is 0 Å². The summed E-state index contributed by atoms with van der Waals surface area (Å²) in [6.07, 6.45) is 0. The number of benzene rings is 4. The molecule has 0 atom stereocenters. The maximum absolute atomic E-state index is 11.4. The van der Waals surface area contributed by atoms with E-state index >= 15 is 0 Å². The van der Waals surface area contributed by atoms with Crippen molar-refractivity contribution in [3.63, 3.8) is 0 Å². The van der Waals surface area contributed by atoms with Gasteiger partial charge >= 0.3 is 5.97 Å². The van der Waals surface area contributed by atoms with E-state index in [0.717, 1.165) is 27.8 Å². The molecule has 1 heterocycles. The Balaban J connectivity index is 1.64. The number of carbonyl (C=O) groups is 1. The summed E-state index contributed by atoms with van der Waals surface area (Å²) in [4.78, 5) is 25.6. The Morgan fingerprint density at radius 1 is 0.485 bits per heavy atom. The first kappa shape index (κ1) is 20.3. The smallest absolute Gasteiger partial charge is 0.335 e. The SMILES string of the molecule is O=C(O)c1cccc(-c2cccc(-c3nc(-c4ccccc4)nc(-c4ccccc4)n3)c2)c1. The molecule has 158 valence electrons. The van der Waals surface area contributed by atoms with E-state index < -0.39 is 5.97 Å². The second-order valence-corrected chi connectivity index (χ2v) is 7.51. The second-order valence-electron chi connectivity index (χ2n) is 7.51. The quantitative estimate of drug-likeness (QED) is 0.358. The molecule has 0 saturated heterocycles. The summed E-state index contributed by atoms with van der Waals surface area (Å²) in [6, 6.07) is 34.3. The van der Waals surface area contributed by atoms with Crippen molar-refractivity contribution in [1.82, 2.24) is 15.0 Å². The monoisotopic (exact) mass is 429 g/mol. The first-order chi connectivity index (χ1) is 16.2. The topological polar surface area (TPSA) is 76.0 Å². The maximum atomic E-state index is 11.4. The molecule has 33 heavy (non-hydrogen) atoms. The minimum atomic E-state index is -0.953. The van der Waals surface area contributed by atoms with Crippen molar-refractivity contribution in [3.05, 3.63) is 115 Å². The fraction of sp³-hybridized carbons (Fsp3) is 0. The van der Waals surface area contributed by atoms with E-state index in [9.17, 15) is 9.90 Å². The zero-order chi connectivity index (χ0) is 22.6. The molecule has 5 nitrogen and oxygen atoms in total. The summed E-state index contributed by atoms with van der Waals surface area (Å²) in [5.41, 5.74) is 4.59. The highest BCUT2D eigenvalue weighted by molar-refractivity contribution is 5.89. The van der Waals surface area contributed by atoms with Crippen LogP contribution in [-0.4, -0.2) is 26.0 Å². The summed E-state index contributed by atoms with van der Waals surface area (Å²) in [7, 11) is 0. The van der Waals surface area contributed by atoms with Crippen LogP contribution in [0.2, 0.25) is 0 Å². The second kappa shape index (κ2) is 8.85. The number of hydrogen-bond acceptors (Lipinski definition) is 4. The van der Waals surface area contributed by atoms with E-state index in [1.807, 2.05) is 91.0 Å². The maximum Gasteiger partial charge on any atom is 0.335 e. The van der Waals surface area contributed by atoms with Crippen LogP contribution < -0.4 is 0 Å². The number of aromatic nitrogens is 3. The van der Waals surface area contributed by atoms with Crippen LogP contribution >= 0.6 is 0 Å². The Labute approximate surface area is 191 Å². The number of carboxylic acids is 1. The van der Waals surface area contributed by atoms with Gasteiger partial charge in [0.05, 0.1) is 5.56 Å². The third kappa shape index (κ3) is 4.38. The molecular weight excluding hydrogens is 410 g/mol. The minimum absolute atomic E-state index is 0.246. The summed E-state index contributed by atoms with van der Waals surface area (Å²) in [5.74, 6) is 0.792. The van der Waals surface area contributed by atoms with Crippen molar-refractivity contribution in [2.75, 3.05) is 0 Å². The fourth-order valence-electron chi connectivity index (χ4n) is 3.61. The van der Waals surface area contributed by atoms with E-state index in [1.165, 1.54) is 0 Å². The van der Waals surface area contributed by atoms with Gasteiger partial charge in [-0.3, -0.25) is 0 Å². The first-order valence-electron chi connectivity index (χ1n) is 10.5. The highest BCUT2D eigenvalue weighted by atomic mass is 16.4. The average Bonchev–Trinajstić information content (AvgIpc) is 2.89. The van der Waals surface area contributed by atoms with Crippen LogP contribution in [0, 0.1) is 0 Å². The van der Waals surface area contributed by atoms with Crippen LogP contribution in [0.5, 0.6) is 0 Å². The highest BCUT2D eigenvalue weighted by Crippen LogP contribution is 2.28. The lowest BCUT2D eigenvalue weighted by Gasteiger charge is -2.10. The minimum Gasteiger partial charge on any atom is -0.478 e. The van der Waals surface area contributed by atoms with Crippen molar-refractivity contribution < 1.29 is 9.90 Å². The van der Waals surface area contributed by atoms with Gasteiger partial charge in [-0.25, -0.2) is 19.7 Å². The third-order valence-corrected chi connectivity index (χ3v) is 5.26. The lowest BCUT2D eigenvalue weighted by Crippen LogP contribution is -2.00. The largest absolute Gasteiger partial charge is 0.478 e. The summed E-state index contributed by atoms with van der Waals surface area (Å²) in [6.45, 7) is 0. The van der Waals surface area contributed by atoms with Gasteiger partial charge in [-0.15, -0.1) is 0 Å². The van der Waals surface area contributed by atoms with E-state index in [0.29, 0.717) is 17.5 Å². The molecule has 5 rings (SSSR count). The van der Waals surface area contributed by atoms with E-state index in [2.05, 4.69) is 0 Å². The predicted molar refractivity (Wildman–Crippen MR) is 129 cm³/mol. The lowest BCUT2D eigenvalue weighted by molar-refractivity contribution is 0.0697.